The van der Waals surface area contributed by atoms with Crippen molar-refractivity contribution in [3.05, 3.63) is 88.4 Å². The maximum atomic E-state index is 13.2. The van der Waals surface area contributed by atoms with Crippen molar-refractivity contribution >= 4 is 29.0 Å². The van der Waals surface area contributed by atoms with Gasteiger partial charge in [0.1, 0.15) is 0 Å². The first kappa shape index (κ1) is 20.9. The van der Waals surface area contributed by atoms with Gasteiger partial charge in [-0.15, -0.1) is 0 Å². The van der Waals surface area contributed by atoms with Gasteiger partial charge in [-0.3, -0.25) is 4.79 Å². The van der Waals surface area contributed by atoms with Gasteiger partial charge in [-0.05, 0) is 60.7 Å². The summed E-state index contributed by atoms with van der Waals surface area (Å²) >= 11 is 6.14. The Bertz CT molecular complexity index is 1150. The Morgan fingerprint density at radius 2 is 1.81 bits per heavy atom. The number of nitrogens with zero attached hydrogens (tertiary/aromatic N) is 1. The summed E-state index contributed by atoms with van der Waals surface area (Å²) in [7, 11) is 0. The molecule has 0 saturated heterocycles. The zero-order chi connectivity index (χ0) is 22.0. The highest BCUT2D eigenvalue weighted by Gasteiger charge is 2.51. The number of rotatable bonds is 5. The van der Waals surface area contributed by atoms with Crippen molar-refractivity contribution in [2.45, 2.75) is 25.2 Å². The molecule has 6 N–H and O–H groups in total. The largest absolute Gasteiger partial charge is 0.325 e. The minimum Gasteiger partial charge on any atom is -0.325 e. The SMILES string of the molecule is Cc1ccc(-c2ccc(NC(=O)C3(c4cccc(Cl)c4)CC3)cc2/C(=N/N)NN)cc1. The van der Waals surface area contributed by atoms with E-state index in [1.54, 1.807) is 0 Å². The summed E-state index contributed by atoms with van der Waals surface area (Å²) in [4.78, 5) is 13.2. The molecule has 1 fully saturated rings. The molecule has 0 bridgehead atoms. The molecule has 0 spiro atoms. The maximum Gasteiger partial charge on any atom is 0.235 e. The number of amides is 1. The molecule has 1 saturated carbocycles. The molecule has 0 heterocycles. The standard InChI is InChI=1S/C24H24ClN5O/c1-15-5-7-16(8-6-15)20-10-9-19(14-21(20)22(29-26)30-27)28-23(31)24(11-12-24)17-3-2-4-18(25)13-17/h2-10,13-14H,11-12,26-27H2,1H3,(H,28,31)(H,29,30). The Morgan fingerprint density at radius 3 is 2.42 bits per heavy atom. The molecule has 0 unspecified atom stereocenters. The van der Waals surface area contributed by atoms with Crippen LogP contribution in [-0.4, -0.2) is 11.7 Å². The quantitative estimate of drug-likeness (QED) is 0.210. The number of halogens is 1. The first-order chi connectivity index (χ1) is 15.0. The van der Waals surface area contributed by atoms with E-state index >= 15 is 0 Å². The maximum absolute atomic E-state index is 13.2. The lowest BCUT2D eigenvalue weighted by molar-refractivity contribution is -0.118. The normalized spacial score (nSPS) is 14.7. The summed E-state index contributed by atoms with van der Waals surface area (Å²) in [6.45, 7) is 2.03. The number of hydrazine groups is 1. The van der Waals surface area contributed by atoms with E-state index in [0.29, 0.717) is 22.1 Å². The molecular formula is C24H24ClN5O. The summed E-state index contributed by atoms with van der Waals surface area (Å²) in [5, 5.41) is 7.44. The molecule has 6 nitrogen and oxygen atoms in total. The summed E-state index contributed by atoms with van der Waals surface area (Å²) in [6, 6.07) is 21.2. The van der Waals surface area contributed by atoms with Gasteiger partial charge in [-0.2, -0.15) is 5.10 Å². The second-order valence-corrected chi connectivity index (χ2v) is 8.23. The van der Waals surface area contributed by atoms with Crippen LogP contribution in [0.4, 0.5) is 5.69 Å². The fraction of sp³-hybridized carbons (Fsp3) is 0.167. The van der Waals surface area contributed by atoms with Gasteiger partial charge < -0.3 is 16.6 Å². The molecular weight excluding hydrogens is 410 g/mol. The lowest BCUT2D eigenvalue weighted by atomic mass is 9.94. The van der Waals surface area contributed by atoms with E-state index in [9.17, 15) is 4.79 Å². The van der Waals surface area contributed by atoms with Gasteiger partial charge in [0.15, 0.2) is 5.84 Å². The Labute approximate surface area is 186 Å². The van der Waals surface area contributed by atoms with Crippen LogP contribution in [0.1, 0.15) is 29.5 Å². The van der Waals surface area contributed by atoms with Gasteiger partial charge in [0.2, 0.25) is 5.91 Å². The number of benzene rings is 3. The van der Waals surface area contributed by atoms with Gasteiger partial charge in [0.25, 0.3) is 0 Å². The fourth-order valence-corrected chi connectivity index (χ4v) is 3.99. The van der Waals surface area contributed by atoms with E-state index in [2.05, 4.69) is 15.8 Å². The molecule has 3 aromatic carbocycles. The van der Waals surface area contributed by atoms with E-state index in [0.717, 1.165) is 35.1 Å². The van der Waals surface area contributed by atoms with Crippen LogP contribution in [0.3, 0.4) is 0 Å². The second-order valence-electron chi connectivity index (χ2n) is 7.80. The zero-order valence-electron chi connectivity index (χ0n) is 17.2. The summed E-state index contributed by atoms with van der Waals surface area (Å²) < 4.78 is 0. The highest BCUT2D eigenvalue weighted by atomic mass is 35.5. The molecule has 0 radical (unpaired) electrons. The molecule has 158 valence electrons. The van der Waals surface area contributed by atoms with Crippen LogP contribution in [0.25, 0.3) is 11.1 Å². The molecule has 1 aliphatic carbocycles. The lowest BCUT2D eigenvalue weighted by Crippen LogP contribution is -2.33. The van der Waals surface area contributed by atoms with Crippen LogP contribution in [0, 0.1) is 6.92 Å². The molecule has 4 rings (SSSR count). The third kappa shape index (κ3) is 4.13. The Morgan fingerprint density at radius 1 is 1.06 bits per heavy atom. The van der Waals surface area contributed by atoms with Crippen molar-refractivity contribution in [3.8, 4) is 11.1 Å². The molecule has 0 aromatic heterocycles. The molecule has 0 aliphatic heterocycles. The Kier molecular flexibility index (Phi) is 5.67. The van der Waals surface area contributed by atoms with Crippen LogP contribution in [0.15, 0.2) is 71.8 Å². The molecule has 1 aliphatic rings. The van der Waals surface area contributed by atoms with Gasteiger partial charge in [-0.1, -0.05) is 59.6 Å². The smallest absolute Gasteiger partial charge is 0.235 e. The zero-order valence-corrected chi connectivity index (χ0v) is 17.9. The van der Waals surface area contributed by atoms with Crippen molar-refractivity contribution in [1.29, 1.82) is 0 Å². The van der Waals surface area contributed by atoms with Crippen molar-refractivity contribution in [1.82, 2.24) is 5.43 Å². The molecule has 0 atom stereocenters. The summed E-state index contributed by atoms with van der Waals surface area (Å²) in [5.41, 5.74) is 7.32. The number of carbonyl (C=O) groups excluding carboxylic acids is 1. The monoisotopic (exact) mass is 433 g/mol. The van der Waals surface area contributed by atoms with Crippen LogP contribution < -0.4 is 22.4 Å². The molecule has 3 aromatic rings. The van der Waals surface area contributed by atoms with E-state index in [1.807, 2.05) is 73.7 Å². The first-order valence-corrected chi connectivity index (χ1v) is 10.4. The van der Waals surface area contributed by atoms with Gasteiger partial charge in [0, 0.05) is 16.3 Å². The number of nitrogens with two attached hydrogens (primary N) is 2. The third-order valence-electron chi connectivity index (χ3n) is 5.72. The topological polar surface area (TPSA) is 106 Å². The van der Waals surface area contributed by atoms with Gasteiger partial charge in [0.05, 0.1) is 5.41 Å². The van der Waals surface area contributed by atoms with Crippen LogP contribution in [0.2, 0.25) is 5.02 Å². The summed E-state index contributed by atoms with van der Waals surface area (Å²) in [6.07, 6.45) is 1.57. The average Bonchev–Trinajstić information content (AvgIpc) is 3.58. The number of carbonyl (C=O) groups is 1. The second kappa shape index (κ2) is 8.41. The van der Waals surface area contributed by atoms with Crippen molar-refractivity contribution in [2.75, 3.05) is 5.32 Å². The molecule has 7 heteroatoms. The number of hydrogen-bond acceptors (Lipinski definition) is 4. The Hall–Kier alpha value is -3.35. The van der Waals surface area contributed by atoms with Gasteiger partial charge >= 0.3 is 0 Å². The number of aryl methyl sites for hydroxylation is 1. The van der Waals surface area contributed by atoms with E-state index in [1.165, 1.54) is 0 Å². The summed E-state index contributed by atoms with van der Waals surface area (Å²) in [5.74, 6) is 11.5. The number of hydrogen-bond donors (Lipinski definition) is 4. The fourth-order valence-electron chi connectivity index (χ4n) is 3.80. The van der Waals surface area contributed by atoms with Gasteiger partial charge in [-0.25, -0.2) is 5.84 Å². The minimum atomic E-state index is -0.544. The highest BCUT2D eigenvalue weighted by molar-refractivity contribution is 6.30. The number of anilines is 1. The predicted molar refractivity (Wildman–Crippen MR) is 126 cm³/mol. The number of hydrazone groups is 1. The average molecular weight is 434 g/mol. The highest BCUT2D eigenvalue weighted by Crippen LogP contribution is 2.49. The third-order valence-corrected chi connectivity index (χ3v) is 5.96. The first-order valence-electron chi connectivity index (χ1n) is 10.0. The lowest BCUT2D eigenvalue weighted by Gasteiger charge is -2.18. The minimum absolute atomic E-state index is 0.0595. The van der Waals surface area contributed by atoms with E-state index < -0.39 is 5.41 Å². The number of nitrogens with one attached hydrogen (secondary N) is 2. The van der Waals surface area contributed by atoms with E-state index in [4.69, 9.17) is 23.3 Å². The molecule has 31 heavy (non-hydrogen) atoms. The molecule has 1 amide bonds. The van der Waals surface area contributed by atoms with Crippen molar-refractivity contribution in [2.24, 2.45) is 16.8 Å². The van der Waals surface area contributed by atoms with Crippen molar-refractivity contribution < 1.29 is 4.79 Å². The van der Waals surface area contributed by atoms with Crippen LogP contribution >= 0.6 is 11.6 Å². The number of amidine groups is 1. The predicted octanol–water partition coefficient (Wildman–Crippen LogP) is 4.07. The van der Waals surface area contributed by atoms with Crippen LogP contribution in [-0.2, 0) is 10.2 Å². The van der Waals surface area contributed by atoms with E-state index in [-0.39, 0.29) is 5.91 Å². The van der Waals surface area contributed by atoms with Crippen LogP contribution in [0.5, 0.6) is 0 Å². The van der Waals surface area contributed by atoms with Crippen molar-refractivity contribution in [3.63, 3.8) is 0 Å². The Balaban J connectivity index is 1.67.